The third kappa shape index (κ3) is 3.15. The second-order valence-corrected chi connectivity index (χ2v) is 3.92. The zero-order valence-electron chi connectivity index (χ0n) is 10.5. The molecule has 0 spiro atoms. The van der Waals surface area contributed by atoms with Crippen LogP contribution in [0.25, 0.3) is 5.69 Å². The Morgan fingerprint density at radius 3 is 3.00 bits per heavy atom. The molecule has 0 bridgehead atoms. The fourth-order valence-electron chi connectivity index (χ4n) is 1.60. The summed E-state index contributed by atoms with van der Waals surface area (Å²) in [5.74, 6) is -0.311. The minimum absolute atomic E-state index is 0.164. The summed E-state index contributed by atoms with van der Waals surface area (Å²) in [6, 6.07) is 6.55. The lowest BCUT2D eigenvalue weighted by Gasteiger charge is -2.13. The topological polar surface area (TPSA) is 95.1 Å². The van der Waals surface area contributed by atoms with E-state index < -0.39 is 6.04 Å². The normalized spacial score (nSPS) is 12.1. The van der Waals surface area contributed by atoms with Gasteiger partial charge in [0.2, 0.25) is 5.91 Å². The number of anilines is 1. The molecule has 19 heavy (non-hydrogen) atoms. The van der Waals surface area contributed by atoms with Crippen molar-refractivity contribution in [2.45, 2.75) is 6.04 Å². The van der Waals surface area contributed by atoms with Gasteiger partial charge in [0.05, 0.1) is 30.4 Å². The van der Waals surface area contributed by atoms with Gasteiger partial charge in [-0.05, 0) is 12.1 Å². The smallest absolute Gasteiger partial charge is 0.243 e. The first-order valence-corrected chi connectivity index (χ1v) is 5.73. The molecule has 0 fully saturated rings. The van der Waals surface area contributed by atoms with Gasteiger partial charge in [-0.1, -0.05) is 17.3 Å². The summed E-state index contributed by atoms with van der Waals surface area (Å²) in [6.45, 7) is 0.164. The van der Waals surface area contributed by atoms with Crippen molar-refractivity contribution < 1.29 is 9.53 Å². The number of nitrogens with zero attached hydrogens (tertiary/aromatic N) is 3. The number of ether oxygens (including phenoxy) is 1. The molecule has 2 rings (SSSR count). The maximum Gasteiger partial charge on any atom is 0.243 e. The zero-order valence-corrected chi connectivity index (χ0v) is 10.5. The van der Waals surface area contributed by atoms with E-state index in [1.54, 1.807) is 23.1 Å². The second-order valence-electron chi connectivity index (χ2n) is 3.92. The first-order valence-electron chi connectivity index (χ1n) is 5.73. The molecule has 100 valence electrons. The molecular weight excluding hydrogens is 246 g/mol. The summed E-state index contributed by atoms with van der Waals surface area (Å²) in [7, 11) is 1.50. The Morgan fingerprint density at radius 1 is 1.53 bits per heavy atom. The van der Waals surface area contributed by atoms with E-state index in [1.165, 1.54) is 7.11 Å². The van der Waals surface area contributed by atoms with Crippen molar-refractivity contribution in [2.24, 2.45) is 5.73 Å². The van der Waals surface area contributed by atoms with E-state index in [-0.39, 0.29) is 12.5 Å². The lowest BCUT2D eigenvalue weighted by Crippen LogP contribution is -2.39. The van der Waals surface area contributed by atoms with Crippen molar-refractivity contribution in [3.63, 3.8) is 0 Å². The molecule has 1 heterocycles. The van der Waals surface area contributed by atoms with Crippen molar-refractivity contribution in [1.82, 2.24) is 15.0 Å². The zero-order chi connectivity index (χ0) is 13.7. The summed E-state index contributed by atoms with van der Waals surface area (Å²) in [6.07, 6.45) is 3.26. The van der Waals surface area contributed by atoms with E-state index >= 15 is 0 Å². The van der Waals surface area contributed by atoms with E-state index in [4.69, 9.17) is 10.5 Å². The van der Waals surface area contributed by atoms with E-state index in [0.29, 0.717) is 5.69 Å². The summed E-state index contributed by atoms with van der Waals surface area (Å²) in [5, 5.41) is 10.4. The Labute approximate surface area is 110 Å². The van der Waals surface area contributed by atoms with Crippen molar-refractivity contribution in [3.8, 4) is 5.69 Å². The molecule has 0 radical (unpaired) electrons. The fraction of sp³-hybridized carbons (Fsp3) is 0.250. The summed E-state index contributed by atoms with van der Waals surface area (Å²) in [4.78, 5) is 11.9. The largest absolute Gasteiger partial charge is 0.383 e. The van der Waals surface area contributed by atoms with E-state index in [0.717, 1.165) is 5.69 Å². The highest BCUT2D eigenvalue weighted by molar-refractivity contribution is 5.96. The number of carbonyl (C=O) groups excluding carboxylic acids is 1. The van der Waals surface area contributed by atoms with Crippen LogP contribution >= 0.6 is 0 Å². The van der Waals surface area contributed by atoms with Crippen LogP contribution in [-0.4, -0.2) is 40.7 Å². The maximum atomic E-state index is 11.9. The molecule has 1 unspecified atom stereocenters. The molecule has 3 N–H and O–H groups in total. The third-order valence-corrected chi connectivity index (χ3v) is 2.51. The predicted octanol–water partition coefficient (Wildman–Crippen LogP) is 0.179. The van der Waals surface area contributed by atoms with Crippen LogP contribution in [0.1, 0.15) is 0 Å². The van der Waals surface area contributed by atoms with E-state index in [2.05, 4.69) is 15.6 Å². The Morgan fingerprint density at radius 2 is 2.32 bits per heavy atom. The van der Waals surface area contributed by atoms with Crippen molar-refractivity contribution in [3.05, 3.63) is 36.7 Å². The molecule has 7 nitrogen and oxygen atoms in total. The van der Waals surface area contributed by atoms with Crippen LogP contribution in [0.5, 0.6) is 0 Å². The number of nitrogens with two attached hydrogens (primary N) is 1. The molecule has 2 aromatic rings. The maximum absolute atomic E-state index is 11.9. The van der Waals surface area contributed by atoms with E-state index in [1.807, 2.05) is 18.2 Å². The van der Waals surface area contributed by atoms with Gasteiger partial charge >= 0.3 is 0 Å². The van der Waals surface area contributed by atoms with Gasteiger partial charge in [-0.15, -0.1) is 5.10 Å². The van der Waals surface area contributed by atoms with E-state index in [9.17, 15) is 4.79 Å². The van der Waals surface area contributed by atoms with Crippen LogP contribution in [-0.2, 0) is 9.53 Å². The molecule has 1 atom stereocenters. The highest BCUT2D eigenvalue weighted by Gasteiger charge is 2.15. The molecule has 1 aromatic carbocycles. The number of rotatable bonds is 5. The first-order chi connectivity index (χ1) is 9.22. The number of hydrogen-bond donors (Lipinski definition) is 2. The Balaban J connectivity index is 2.19. The SMILES string of the molecule is COCC(N)C(=O)Nc1ccccc1-n1ccnn1. The monoisotopic (exact) mass is 261 g/mol. The highest BCUT2D eigenvalue weighted by Crippen LogP contribution is 2.18. The number of amides is 1. The van der Waals surface area contributed by atoms with Crippen molar-refractivity contribution in [1.29, 1.82) is 0 Å². The minimum Gasteiger partial charge on any atom is -0.383 e. The molecule has 1 amide bonds. The van der Waals surface area contributed by atoms with Gasteiger partial charge in [0, 0.05) is 7.11 Å². The van der Waals surface area contributed by atoms with Gasteiger partial charge in [-0.25, -0.2) is 4.68 Å². The average molecular weight is 261 g/mol. The molecule has 0 aliphatic rings. The molecule has 7 heteroatoms. The third-order valence-electron chi connectivity index (χ3n) is 2.51. The number of hydrogen-bond acceptors (Lipinski definition) is 5. The lowest BCUT2D eigenvalue weighted by atomic mass is 10.2. The van der Waals surface area contributed by atoms with Crippen LogP contribution in [0.2, 0.25) is 0 Å². The summed E-state index contributed by atoms with van der Waals surface area (Å²) in [5.41, 5.74) is 7.01. The number of aromatic nitrogens is 3. The molecule has 0 aliphatic heterocycles. The summed E-state index contributed by atoms with van der Waals surface area (Å²) < 4.78 is 6.42. The van der Waals surface area contributed by atoms with Gasteiger partial charge in [-0.3, -0.25) is 4.79 Å². The average Bonchev–Trinajstić information content (AvgIpc) is 2.93. The van der Waals surface area contributed by atoms with Crippen LogP contribution in [0, 0.1) is 0 Å². The predicted molar refractivity (Wildman–Crippen MR) is 69.8 cm³/mol. The standard InChI is InChI=1S/C12H15N5O2/c1-19-8-9(13)12(18)15-10-4-2-3-5-11(10)17-7-6-14-16-17/h2-7,9H,8,13H2,1H3,(H,15,18). The number of para-hydroxylation sites is 2. The molecule has 1 aromatic heterocycles. The van der Waals surface area contributed by atoms with Crippen molar-refractivity contribution in [2.75, 3.05) is 19.0 Å². The summed E-state index contributed by atoms with van der Waals surface area (Å²) >= 11 is 0. The number of methoxy groups -OCH3 is 1. The number of benzene rings is 1. The van der Waals surface area contributed by atoms with Crippen LogP contribution in [0.15, 0.2) is 36.7 Å². The number of nitrogens with one attached hydrogen (secondary N) is 1. The van der Waals surface area contributed by atoms with Crippen LogP contribution < -0.4 is 11.1 Å². The van der Waals surface area contributed by atoms with Crippen LogP contribution in [0.4, 0.5) is 5.69 Å². The second kappa shape index (κ2) is 6.07. The molecule has 0 aliphatic carbocycles. The molecular formula is C12H15N5O2. The fourth-order valence-corrected chi connectivity index (χ4v) is 1.60. The Kier molecular flexibility index (Phi) is 4.22. The minimum atomic E-state index is -0.714. The Hall–Kier alpha value is -2.25. The van der Waals surface area contributed by atoms with Gasteiger partial charge in [0.15, 0.2) is 0 Å². The van der Waals surface area contributed by atoms with Crippen molar-refractivity contribution >= 4 is 11.6 Å². The quantitative estimate of drug-likeness (QED) is 0.800. The van der Waals surface area contributed by atoms with Gasteiger partial charge in [0.25, 0.3) is 0 Å². The first kappa shape index (κ1) is 13.2. The van der Waals surface area contributed by atoms with Crippen LogP contribution in [0.3, 0.4) is 0 Å². The highest BCUT2D eigenvalue weighted by atomic mass is 16.5. The van der Waals surface area contributed by atoms with Gasteiger partial charge in [-0.2, -0.15) is 0 Å². The van der Waals surface area contributed by atoms with Gasteiger partial charge in [0.1, 0.15) is 6.04 Å². The van der Waals surface area contributed by atoms with Gasteiger partial charge < -0.3 is 15.8 Å². The Bertz CT molecular complexity index is 541. The molecule has 0 saturated carbocycles. The lowest BCUT2D eigenvalue weighted by molar-refractivity contribution is -0.118. The number of carbonyl (C=O) groups is 1. The molecule has 0 saturated heterocycles.